The minimum Gasteiger partial charge on any atom is -0.492 e. The molecule has 6 nitrogen and oxygen atoms in total. The number of thiazole rings is 1. The molecule has 0 atom stereocenters. The van der Waals surface area contributed by atoms with E-state index in [0.717, 1.165) is 56.6 Å². The fourth-order valence-electron chi connectivity index (χ4n) is 3.63. The predicted molar refractivity (Wildman–Crippen MR) is 107 cm³/mol. The average molecular weight is 387 g/mol. The number of carbonyl (C=O) groups excluding carboxylic acids is 1. The van der Waals surface area contributed by atoms with E-state index in [-0.39, 0.29) is 5.91 Å². The lowest BCUT2D eigenvalue weighted by molar-refractivity contribution is -0.128. The van der Waals surface area contributed by atoms with Gasteiger partial charge in [0.2, 0.25) is 5.91 Å². The van der Waals surface area contributed by atoms with Crippen LogP contribution in [-0.4, -0.2) is 66.6 Å². The zero-order chi connectivity index (χ0) is 18.5. The van der Waals surface area contributed by atoms with E-state index in [1.807, 2.05) is 28.6 Å². The minimum absolute atomic E-state index is 0.254. The van der Waals surface area contributed by atoms with Crippen molar-refractivity contribution in [2.45, 2.75) is 19.4 Å². The second kappa shape index (κ2) is 8.71. The SMILES string of the molecule is O=C1CCCN1CCOc1ccc(CN2CCN(c3nccs3)CC2)cc1. The van der Waals surface area contributed by atoms with Gasteiger partial charge in [-0.1, -0.05) is 12.1 Å². The number of aromatic nitrogens is 1. The molecule has 0 saturated carbocycles. The van der Waals surface area contributed by atoms with Gasteiger partial charge >= 0.3 is 0 Å². The summed E-state index contributed by atoms with van der Waals surface area (Å²) in [5.41, 5.74) is 1.31. The Balaban J connectivity index is 1.20. The number of carbonyl (C=O) groups is 1. The molecule has 0 aliphatic carbocycles. The van der Waals surface area contributed by atoms with Crippen molar-refractivity contribution in [3.8, 4) is 5.75 Å². The Kier molecular flexibility index (Phi) is 5.89. The molecule has 2 fully saturated rings. The molecule has 2 saturated heterocycles. The molecule has 2 aliphatic rings. The van der Waals surface area contributed by atoms with E-state index in [9.17, 15) is 4.79 Å². The molecular formula is C20H26N4O2S. The number of hydrogen-bond donors (Lipinski definition) is 0. The molecule has 0 N–H and O–H groups in total. The van der Waals surface area contributed by atoms with E-state index in [1.165, 1.54) is 5.56 Å². The van der Waals surface area contributed by atoms with Gasteiger partial charge in [-0.15, -0.1) is 11.3 Å². The van der Waals surface area contributed by atoms with Gasteiger partial charge in [-0.2, -0.15) is 0 Å². The molecular weight excluding hydrogens is 360 g/mol. The number of anilines is 1. The maximum Gasteiger partial charge on any atom is 0.222 e. The van der Waals surface area contributed by atoms with Crippen molar-refractivity contribution in [2.24, 2.45) is 0 Å². The summed E-state index contributed by atoms with van der Waals surface area (Å²) in [5.74, 6) is 1.13. The third-order valence-corrected chi connectivity index (χ3v) is 6.03. The number of benzene rings is 1. The molecule has 1 amide bonds. The normalized spacial score (nSPS) is 18.3. The second-order valence-corrected chi connectivity index (χ2v) is 7.93. The quantitative estimate of drug-likeness (QED) is 0.732. The first kappa shape index (κ1) is 18.3. The summed E-state index contributed by atoms with van der Waals surface area (Å²) in [6.45, 7) is 7.26. The van der Waals surface area contributed by atoms with Crippen molar-refractivity contribution < 1.29 is 9.53 Å². The number of nitrogens with zero attached hydrogens (tertiary/aromatic N) is 4. The maximum absolute atomic E-state index is 11.6. The van der Waals surface area contributed by atoms with E-state index in [1.54, 1.807) is 11.3 Å². The molecule has 0 radical (unpaired) electrons. The third-order valence-electron chi connectivity index (χ3n) is 5.19. The van der Waals surface area contributed by atoms with E-state index in [0.29, 0.717) is 19.6 Å². The standard InChI is InChI=1S/C20H26N4O2S/c25-19-2-1-8-23(19)13-14-26-18-5-3-17(4-6-18)16-22-9-11-24(12-10-22)20-21-7-15-27-20/h3-7,15H,1-2,8-14,16H2. The molecule has 1 aromatic carbocycles. The largest absolute Gasteiger partial charge is 0.492 e. The lowest BCUT2D eigenvalue weighted by Gasteiger charge is -2.34. The van der Waals surface area contributed by atoms with Crippen molar-refractivity contribution in [3.63, 3.8) is 0 Å². The van der Waals surface area contributed by atoms with Crippen LogP contribution in [0, 0.1) is 0 Å². The zero-order valence-corrected chi connectivity index (χ0v) is 16.4. The summed E-state index contributed by atoms with van der Waals surface area (Å²) in [5, 5.41) is 3.17. The highest BCUT2D eigenvalue weighted by atomic mass is 32.1. The molecule has 0 spiro atoms. The fraction of sp³-hybridized carbons (Fsp3) is 0.500. The Bertz CT molecular complexity index is 727. The number of rotatable bonds is 7. The van der Waals surface area contributed by atoms with Crippen LogP contribution in [0.2, 0.25) is 0 Å². The molecule has 144 valence electrons. The molecule has 27 heavy (non-hydrogen) atoms. The van der Waals surface area contributed by atoms with Crippen LogP contribution in [0.4, 0.5) is 5.13 Å². The van der Waals surface area contributed by atoms with Gasteiger partial charge < -0.3 is 14.5 Å². The van der Waals surface area contributed by atoms with Crippen molar-refractivity contribution in [1.29, 1.82) is 0 Å². The van der Waals surface area contributed by atoms with Gasteiger partial charge in [0.1, 0.15) is 12.4 Å². The summed E-state index contributed by atoms with van der Waals surface area (Å²) >= 11 is 1.71. The van der Waals surface area contributed by atoms with Gasteiger partial charge in [0.25, 0.3) is 0 Å². The van der Waals surface area contributed by atoms with Crippen LogP contribution in [0.1, 0.15) is 18.4 Å². The number of hydrogen-bond acceptors (Lipinski definition) is 6. The topological polar surface area (TPSA) is 48.9 Å². The number of ether oxygens (including phenoxy) is 1. The monoisotopic (exact) mass is 386 g/mol. The Labute approximate surface area is 164 Å². The average Bonchev–Trinajstić information content (AvgIpc) is 3.36. The van der Waals surface area contributed by atoms with Gasteiger partial charge in [-0.3, -0.25) is 9.69 Å². The Morgan fingerprint density at radius 3 is 2.56 bits per heavy atom. The van der Waals surface area contributed by atoms with Crippen LogP contribution >= 0.6 is 11.3 Å². The minimum atomic E-state index is 0.254. The van der Waals surface area contributed by atoms with Crippen LogP contribution in [0.5, 0.6) is 5.75 Å². The van der Waals surface area contributed by atoms with Crippen molar-refractivity contribution >= 4 is 22.4 Å². The molecule has 1 aromatic heterocycles. The van der Waals surface area contributed by atoms with Crippen LogP contribution in [0.25, 0.3) is 0 Å². The lowest BCUT2D eigenvalue weighted by Crippen LogP contribution is -2.45. The van der Waals surface area contributed by atoms with Crippen LogP contribution in [0.3, 0.4) is 0 Å². The van der Waals surface area contributed by atoms with Gasteiger partial charge in [0.15, 0.2) is 5.13 Å². The fourth-order valence-corrected chi connectivity index (χ4v) is 4.33. The highest BCUT2D eigenvalue weighted by Gasteiger charge is 2.20. The maximum atomic E-state index is 11.6. The van der Waals surface area contributed by atoms with Crippen LogP contribution in [-0.2, 0) is 11.3 Å². The highest BCUT2D eigenvalue weighted by molar-refractivity contribution is 7.13. The lowest BCUT2D eigenvalue weighted by atomic mass is 10.2. The first-order chi connectivity index (χ1) is 13.3. The summed E-state index contributed by atoms with van der Waals surface area (Å²) < 4.78 is 5.80. The van der Waals surface area contributed by atoms with Gasteiger partial charge in [-0.25, -0.2) is 4.98 Å². The molecule has 2 aromatic rings. The molecule has 4 rings (SSSR count). The van der Waals surface area contributed by atoms with Crippen LogP contribution in [0.15, 0.2) is 35.8 Å². The smallest absolute Gasteiger partial charge is 0.222 e. The Morgan fingerprint density at radius 1 is 1.07 bits per heavy atom. The molecule has 0 bridgehead atoms. The summed E-state index contributed by atoms with van der Waals surface area (Å²) in [6.07, 6.45) is 3.54. The number of amides is 1. The van der Waals surface area contributed by atoms with Crippen molar-refractivity contribution in [3.05, 3.63) is 41.4 Å². The number of likely N-dealkylation sites (tertiary alicyclic amines) is 1. The third kappa shape index (κ3) is 4.78. The van der Waals surface area contributed by atoms with Crippen LogP contribution < -0.4 is 9.64 Å². The Morgan fingerprint density at radius 2 is 1.89 bits per heavy atom. The number of piperazine rings is 1. The van der Waals surface area contributed by atoms with E-state index >= 15 is 0 Å². The summed E-state index contributed by atoms with van der Waals surface area (Å²) in [6, 6.07) is 8.35. The van der Waals surface area contributed by atoms with Crippen molar-refractivity contribution in [1.82, 2.24) is 14.8 Å². The van der Waals surface area contributed by atoms with Crippen molar-refractivity contribution in [2.75, 3.05) is 50.8 Å². The molecule has 3 heterocycles. The summed E-state index contributed by atoms with van der Waals surface area (Å²) in [7, 11) is 0. The van der Waals surface area contributed by atoms with E-state index in [4.69, 9.17) is 4.74 Å². The molecule has 7 heteroatoms. The first-order valence-electron chi connectivity index (χ1n) is 9.64. The zero-order valence-electron chi connectivity index (χ0n) is 15.5. The second-order valence-electron chi connectivity index (χ2n) is 7.05. The van der Waals surface area contributed by atoms with Gasteiger partial charge in [-0.05, 0) is 24.1 Å². The van der Waals surface area contributed by atoms with E-state index in [2.05, 4.69) is 26.9 Å². The van der Waals surface area contributed by atoms with Gasteiger partial charge in [0.05, 0.1) is 6.54 Å². The molecule has 2 aliphatic heterocycles. The van der Waals surface area contributed by atoms with Gasteiger partial charge in [0, 0.05) is 57.3 Å². The Hall–Kier alpha value is -2.12. The van der Waals surface area contributed by atoms with E-state index < -0.39 is 0 Å². The highest BCUT2D eigenvalue weighted by Crippen LogP contribution is 2.20. The first-order valence-corrected chi connectivity index (χ1v) is 10.5. The summed E-state index contributed by atoms with van der Waals surface area (Å²) in [4.78, 5) is 22.7. The predicted octanol–water partition coefficient (Wildman–Crippen LogP) is 2.47. The molecule has 0 unspecified atom stereocenters.